The van der Waals surface area contributed by atoms with Crippen molar-refractivity contribution in [2.45, 2.75) is 13.0 Å². The van der Waals surface area contributed by atoms with E-state index in [0.717, 1.165) is 42.6 Å². The maximum absolute atomic E-state index is 12.3. The minimum absolute atomic E-state index is 0.244. The molecule has 1 aliphatic heterocycles. The second kappa shape index (κ2) is 7.27. The van der Waals surface area contributed by atoms with Crippen molar-refractivity contribution in [2.24, 2.45) is 0 Å². The summed E-state index contributed by atoms with van der Waals surface area (Å²) in [6, 6.07) is 12.0. The van der Waals surface area contributed by atoms with Crippen molar-refractivity contribution in [1.82, 2.24) is 9.80 Å². The second-order valence-corrected chi connectivity index (χ2v) is 7.01. The highest BCUT2D eigenvalue weighted by atomic mass is 35.5. The van der Waals surface area contributed by atoms with E-state index in [9.17, 15) is 4.79 Å². The van der Waals surface area contributed by atoms with E-state index in [1.54, 1.807) is 11.3 Å². The van der Waals surface area contributed by atoms with Crippen molar-refractivity contribution < 1.29 is 4.79 Å². The lowest BCUT2D eigenvalue weighted by molar-refractivity contribution is -0.132. The fourth-order valence-corrected chi connectivity index (χ4v) is 3.50. The Kier molecular flexibility index (Phi) is 5.13. The second-order valence-electron chi connectivity index (χ2n) is 5.54. The fraction of sp³-hybridized carbons (Fsp3) is 0.353. The summed E-state index contributed by atoms with van der Waals surface area (Å²) < 4.78 is 0. The Balaban J connectivity index is 1.47. The molecule has 2 aromatic rings. The molecule has 1 amide bonds. The van der Waals surface area contributed by atoms with Crippen molar-refractivity contribution in [1.29, 1.82) is 0 Å². The standard InChI is InChI=1S/C17H19ClN2OS/c18-15-5-3-14(4-6-15)13-19-7-9-20(10-8-19)17(21)12-16-2-1-11-22-16/h1-6,11H,7-10,12-13H2. The van der Waals surface area contributed by atoms with Gasteiger partial charge in [0.2, 0.25) is 5.91 Å². The Morgan fingerprint density at radius 1 is 1.09 bits per heavy atom. The van der Waals surface area contributed by atoms with Gasteiger partial charge in [-0.15, -0.1) is 11.3 Å². The lowest BCUT2D eigenvalue weighted by atomic mass is 10.2. The Morgan fingerprint density at radius 3 is 2.45 bits per heavy atom. The highest BCUT2D eigenvalue weighted by Crippen LogP contribution is 2.14. The summed E-state index contributed by atoms with van der Waals surface area (Å²) in [5.41, 5.74) is 1.27. The molecule has 2 heterocycles. The van der Waals surface area contributed by atoms with Crippen LogP contribution in [0.5, 0.6) is 0 Å². The quantitative estimate of drug-likeness (QED) is 0.856. The molecule has 0 aliphatic carbocycles. The van der Waals surface area contributed by atoms with E-state index < -0.39 is 0 Å². The number of carbonyl (C=O) groups excluding carboxylic acids is 1. The zero-order chi connectivity index (χ0) is 15.4. The smallest absolute Gasteiger partial charge is 0.227 e. The first-order chi connectivity index (χ1) is 10.7. The van der Waals surface area contributed by atoms with E-state index >= 15 is 0 Å². The Bertz CT molecular complexity index is 604. The molecule has 0 saturated carbocycles. The van der Waals surface area contributed by atoms with Crippen LogP contribution in [0.1, 0.15) is 10.4 Å². The number of hydrogen-bond acceptors (Lipinski definition) is 3. The molecule has 0 N–H and O–H groups in total. The third-order valence-electron chi connectivity index (χ3n) is 3.95. The maximum atomic E-state index is 12.3. The topological polar surface area (TPSA) is 23.6 Å². The van der Waals surface area contributed by atoms with Gasteiger partial charge in [0.15, 0.2) is 0 Å². The van der Waals surface area contributed by atoms with Crippen LogP contribution in [0.3, 0.4) is 0 Å². The number of benzene rings is 1. The summed E-state index contributed by atoms with van der Waals surface area (Å²) >= 11 is 7.56. The van der Waals surface area contributed by atoms with Crippen LogP contribution in [-0.2, 0) is 17.8 Å². The van der Waals surface area contributed by atoms with Crippen molar-refractivity contribution in [2.75, 3.05) is 26.2 Å². The Labute approximate surface area is 140 Å². The van der Waals surface area contributed by atoms with E-state index in [-0.39, 0.29) is 5.91 Å². The van der Waals surface area contributed by atoms with Gasteiger partial charge in [-0.05, 0) is 29.1 Å². The fourth-order valence-electron chi connectivity index (χ4n) is 2.68. The molecule has 1 aromatic carbocycles. The van der Waals surface area contributed by atoms with E-state index in [0.29, 0.717) is 6.42 Å². The Morgan fingerprint density at radius 2 is 1.82 bits per heavy atom. The van der Waals surface area contributed by atoms with Crippen LogP contribution >= 0.6 is 22.9 Å². The third-order valence-corrected chi connectivity index (χ3v) is 5.08. The van der Waals surface area contributed by atoms with Crippen molar-refractivity contribution in [3.05, 3.63) is 57.2 Å². The molecule has 1 aromatic heterocycles. The lowest BCUT2D eigenvalue weighted by Crippen LogP contribution is -2.48. The van der Waals surface area contributed by atoms with Gasteiger partial charge in [0.25, 0.3) is 0 Å². The number of carbonyl (C=O) groups is 1. The number of hydrogen-bond donors (Lipinski definition) is 0. The summed E-state index contributed by atoms with van der Waals surface area (Å²) in [6.07, 6.45) is 0.537. The number of amides is 1. The molecule has 3 rings (SSSR count). The first-order valence-corrected chi connectivity index (χ1v) is 8.73. The van der Waals surface area contributed by atoms with Crippen LogP contribution in [0, 0.1) is 0 Å². The van der Waals surface area contributed by atoms with Crippen LogP contribution in [0.15, 0.2) is 41.8 Å². The van der Waals surface area contributed by atoms with Gasteiger partial charge in [-0.2, -0.15) is 0 Å². The van der Waals surface area contributed by atoms with Gasteiger partial charge in [0.1, 0.15) is 0 Å². The summed E-state index contributed by atoms with van der Waals surface area (Å²) in [5, 5.41) is 2.79. The molecular formula is C17H19ClN2OS. The van der Waals surface area contributed by atoms with Crippen LogP contribution in [0.4, 0.5) is 0 Å². The van der Waals surface area contributed by atoms with Crippen LogP contribution in [0.2, 0.25) is 5.02 Å². The van der Waals surface area contributed by atoms with E-state index in [1.807, 2.05) is 34.5 Å². The molecule has 0 radical (unpaired) electrons. The van der Waals surface area contributed by atoms with Crippen molar-refractivity contribution in [3.63, 3.8) is 0 Å². The van der Waals surface area contributed by atoms with E-state index in [4.69, 9.17) is 11.6 Å². The monoisotopic (exact) mass is 334 g/mol. The number of thiophene rings is 1. The van der Waals surface area contributed by atoms with Gasteiger partial charge in [0.05, 0.1) is 6.42 Å². The molecule has 5 heteroatoms. The van der Waals surface area contributed by atoms with Crippen LogP contribution in [-0.4, -0.2) is 41.9 Å². The van der Waals surface area contributed by atoms with Gasteiger partial charge in [-0.1, -0.05) is 29.8 Å². The summed E-state index contributed by atoms with van der Waals surface area (Å²) in [6.45, 7) is 4.41. The maximum Gasteiger partial charge on any atom is 0.227 e. The summed E-state index contributed by atoms with van der Waals surface area (Å²) in [5.74, 6) is 0.244. The summed E-state index contributed by atoms with van der Waals surface area (Å²) in [7, 11) is 0. The van der Waals surface area contributed by atoms with Crippen LogP contribution in [0.25, 0.3) is 0 Å². The SMILES string of the molecule is O=C(Cc1cccs1)N1CCN(Cc2ccc(Cl)cc2)CC1. The molecule has 3 nitrogen and oxygen atoms in total. The predicted molar refractivity (Wildman–Crippen MR) is 91.3 cm³/mol. The molecule has 1 saturated heterocycles. The molecule has 22 heavy (non-hydrogen) atoms. The first-order valence-electron chi connectivity index (χ1n) is 7.48. The average molecular weight is 335 g/mol. The zero-order valence-electron chi connectivity index (χ0n) is 12.4. The molecule has 0 atom stereocenters. The minimum Gasteiger partial charge on any atom is -0.340 e. The van der Waals surface area contributed by atoms with E-state index in [1.165, 1.54) is 5.56 Å². The third kappa shape index (κ3) is 4.09. The number of halogens is 1. The van der Waals surface area contributed by atoms with Crippen molar-refractivity contribution >= 4 is 28.8 Å². The molecule has 116 valence electrons. The average Bonchev–Trinajstić information content (AvgIpc) is 3.03. The number of nitrogens with zero attached hydrogens (tertiary/aromatic N) is 2. The molecule has 1 aliphatic rings. The highest BCUT2D eigenvalue weighted by molar-refractivity contribution is 7.10. The number of piperazine rings is 1. The van der Waals surface area contributed by atoms with E-state index in [2.05, 4.69) is 17.0 Å². The normalized spacial score (nSPS) is 16.0. The minimum atomic E-state index is 0.244. The molecular weight excluding hydrogens is 316 g/mol. The lowest BCUT2D eigenvalue weighted by Gasteiger charge is -2.34. The van der Waals surface area contributed by atoms with Gasteiger partial charge in [0, 0.05) is 42.6 Å². The van der Waals surface area contributed by atoms with Crippen molar-refractivity contribution in [3.8, 4) is 0 Å². The Hall–Kier alpha value is -1.36. The molecule has 0 bridgehead atoms. The van der Waals surface area contributed by atoms with Crippen LogP contribution < -0.4 is 0 Å². The van der Waals surface area contributed by atoms with Gasteiger partial charge in [-0.3, -0.25) is 9.69 Å². The summed E-state index contributed by atoms with van der Waals surface area (Å²) in [4.78, 5) is 17.8. The highest BCUT2D eigenvalue weighted by Gasteiger charge is 2.21. The predicted octanol–water partition coefficient (Wildman–Crippen LogP) is 3.29. The van der Waals surface area contributed by atoms with Gasteiger partial charge in [-0.25, -0.2) is 0 Å². The molecule has 0 unspecified atom stereocenters. The number of rotatable bonds is 4. The van der Waals surface area contributed by atoms with Gasteiger partial charge >= 0.3 is 0 Å². The van der Waals surface area contributed by atoms with Gasteiger partial charge < -0.3 is 4.90 Å². The zero-order valence-corrected chi connectivity index (χ0v) is 13.9. The molecule has 1 fully saturated rings. The molecule has 0 spiro atoms. The largest absolute Gasteiger partial charge is 0.340 e. The first kappa shape index (κ1) is 15.5.